The van der Waals surface area contributed by atoms with Crippen LogP contribution < -0.4 is 5.32 Å². The van der Waals surface area contributed by atoms with Gasteiger partial charge in [-0.3, -0.25) is 4.99 Å². The fourth-order valence-electron chi connectivity index (χ4n) is 3.36. The van der Waals surface area contributed by atoms with Crippen LogP contribution in [0.2, 0.25) is 6.04 Å². The summed E-state index contributed by atoms with van der Waals surface area (Å²) >= 11 is 0. The van der Waals surface area contributed by atoms with Gasteiger partial charge < -0.3 is 23.8 Å². The van der Waals surface area contributed by atoms with Crippen molar-refractivity contribution in [2.24, 2.45) is 10.9 Å². The first-order valence-corrected chi connectivity index (χ1v) is 10.5. The quantitative estimate of drug-likeness (QED) is 0.470. The number of nitrogens with zero attached hydrogens (tertiary/aromatic N) is 2. The Balaban J connectivity index is 0.000000515. The van der Waals surface area contributed by atoms with Crippen molar-refractivity contribution in [3.8, 4) is 0 Å². The van der Waals surface area contributed by atoms with Gasteiger partial charge in [-0.2, -0.15) is 0 Å². The van der Waals surface area contributed by atoms with Crippen LogP contribution in [0, 0.1) is 5.92 Å². The van der Waals surface area contributed by atoms with E-state index in [1.165, 1.54) is 25.7 Å². The van der Waals surface area contributed by atoms with E-state index in [2.05, 4.69) is 17.2 Å². The van der Waals surface area contributed by atoms with Gasteiger partial charge in [0.2, 0.25) is 0 Å². The van der Waals surface area contributed by atoms with E-state index in [1.807, 2.05) is 26.0 Å². The molecule has 2 atom stereocenters. The molecule has 1 N–H and O–H groups in total. The van der Waals surface area contributed by atoms with E-state index in [0.717, 1.165) is 12.0 Å². The topological polar surface area (TPSA) is 55.3 Å². The second kappa shape index (κ2) is 11.8. The van der Waals surface area contributed by atoms with Crippen LogP contribution in [-0.2, 0) is 13.6 Å². The van der Waals surface area contributed by atoms with Gasteiger partial charge in [0.15, 0.2) is 5.96 Å². The largest absolute Gasteiger partial charge is 0.396 e. The Hall–Kier alpha value is -0.633. The van der Waals surface area contributed by atoms with Crippen molar-refractivity contribution in [3.05, 3.63) is 0 Å². The lowest BCUT2D eigenvalue weighted by Gasteiger charge is -2.42. The molecule has 0 aromatic carbocycles. The average molecular weight is 348 g/mol. The van der Waals surface area contributed by atoms with Crippen molar-refractivity contribution >= 4 is 14.5 Å². The summed E-state index contributed by atoms with van der Waals surface area (Å²) in [5.74, 6) is 1.52. The number of hydrogen-bond acceptors (Lipinski definition) is 4. The maximum atomic E-state index is 5.70. The van der Waals surface area contributed by atoms with Crippen molar-refractivity contribution in [2.45, 2.75) is 44.4 Å². The Bertz CT molecular complexity index is 335. The van der Waals surface area contributed by atoms with Crippen LogP contribution in [0.5, 0.6) is 0 Å². The summed E-state index contributed by atoms with van der Waals surface area (Å²) < 4.78 is 17.1. The van der Waals surface area contributed by atoms with E-state index in [4.69, 9.17) is 13.6 Å². The third-order valence-corrected chi connectivity index (χ3v) is 8.43. The van der Waals surface area contributed by atoms with E-state index >= 15 is 0 Å². The molecular weight excluding hydrogens is 310 g/mol. The Morgan fingerprint density at radius 1 is 1.26 bits per heavy atom. The molecule has 0 amide bonds. The van der Waals surface area contributed by atoms with Gasteiger partial charge in [-0.05, 0) is 24.8 Å². The van der Waals surface area contributed by atoms with Gasteiger partial charge >= 0.3 is 8.56 Å². The van der Waals surface area contributed by atoms with Gasteiger partial charge in [0.05, 0.1) is 0 Å². The van der Waals surface area contributed by atoms with Crippen LogP contribution in [0.4, 0.5) is 0 Å². The molecular formula is C16H37N3O3Si. The Morgan fingerprint density at radius 3 is 2.17 bits per heavy atom. The van der Waals surface area contributed by atoms with E-state index < -0.39 is 8.56 Å². The molecule has 1 aliphatic rings. The Morgan fingerprint density at radius 2 is 1.87 bits per heavy atom. The predicted octanol–water partition coefficient (Wildman–Crippen LogP) is 2.24. The second-order valence-electron chi connectivity index (χ2n) is 6.01. The Labute approximate surface area is 143 Å². The molecule has 1 aliphatic heterocycles. The minimum Gasteiger partial charge on any atom is -0.396 e. The molecule has 1 fully saturated rings. The van der Waals surface area contributed by atoms with E-state index in [-0.39, 0.29) is 5.73 Å². The molecule has 0 spiro atoms. The molecule has 2 unspecified atom stereocenters. The van der Waals surface area contributed by atoms with Crippen molar-refractivity contribution in [2.75, 3.05) is 49.5 Å². The van der Waals surface area contributed by atoms with Crippen LogP contribution in [0.3, 0.4) is 0 Å². The minimum absolute atomic E-state index is 0.209. The van der Waals surface area contributed by atoms with E-state index in [9.17, 15) is 0 Å². The first-order chi connectivity index (χ1) is 11.0. The zero-order chi connectivity index (χ0) is 17.9. The van der Waals surface area contributed by atoms with E-state index in [1.54, 1.807) is 28.4 Å². The first kappa shape index (κ1) is 22.4. The summed E-state index contributed by atoms with van der Waals surface area (Å²) in [6.07, 6.45) is 4.91. The summed E-state index contributed by atoms with van der Waals surface area (Å²) in [6, 6.07) is 1.07. The molecule has 1 heterocycles. The van der Waals surface area contributed by atoms with Gasteiger partial charge in [0.1, 0.15) is 5.73 Å². The molecule has 23 heavy (non-hydrogen) atoms. The summed E-state index contributed by atoms with van der Waals surface area (Å²) in [7, 11) is 10.7. The number of nitrogens with one attached hydrogen (secondary N) is 1. The Kier molecular flexibility index (Phi) is 11.5. The number of rotatable bonds is 5. The average Bonchev–Trinajstić information content (AvgIpc) is 2.56. The molecule has 0 radical (unpaired) electrons. The maximum Gasteiger partial charge on any atom is 0.367 e. The highest BCUT2D eigenvalue weighted by Crippen LogP contribution is 2.37. The monoisotopic (exact) mass is 347 g/mol. The van der Waals surface area contributed by atoms with Gasteiger partial charge in [-0.25, -0.2) is 0 Å². The van der Waals surface area contributed by atoms with Crippen LogP contribution in [0.1, 0.15) is 32.6 Å². The molecule has 0 aromatic heterocycles. The highest BCUT2D eigenvalue weighted by atomic mass is 28.4. The predicted molar refractivity (Wildman–Crippen MR) is 99.1 cm³/mol. The normalized spacial score (nSPS) is 23.7. The number of ether oxygens (including phenoxy) is 1. The third kappa shape index (κ3) is 6.41. The van der Waals surface area contributed by atoms with E-state index in [0.29, 0.717) is 5.92 Å². The molecule has 1 saturated heterocycles. The lowest BCUT2D eigenvalue weighted by Crippen LogP contribution is -2.58. The smallest absolute Gasteiger partial charge is 0.367 e. The fraction of sp³-hybridized carbons (Fsp3) is 0.938. The molecule has 0 saturated carbocycles. The van der Waals surface area contributed by atoms with Crippen molar-refractivity contribution < 1.29 is 13.6 Å². The van der Waals surface area contributed by atoms with Crippen LogP contribution in [-0.4, -0.2) is 74.7 Å². The highest BCUT2D eigenvalue weighted by molar-refractivity contribution is 6.69. The summed E-state index contributed by atoms with van der Waals surface area (Å²) in [4.78, 5) is 5.85. The van der Waals surface area contributed by atoms with Gasteiger partial charge in [0.25, 0.3) is 0 Å². The number of hydrogen-bond donors (Lipinski definition) is 1. The summed E-state index contributed by atoms with van der Waals surface area (Å²) in [6.45, 7) is 2.23. The summed E-state index contributed by atoms with van der Waals surface area (Å²) in [5, 5.41) is 2.93. The number of guanidine groups is 1. The lowest BCUT2D eigenvalue weighted by atomic mass is 9.98. The molecule has 0 aromatic rings. The molecule has 138 valence electrons. The summed E-state index contributed by atoms with van der Waals surface area (Å²) in [5.41, 5.74) is 0.209. The van der Waals surface area contributed by atoms with Crippen LogP contribution in [0.15, 0.2) is 4.99 Å². The molecule has 1 rings (SSSR count). The SMILES string of the molecule is CCCC1CCC[Si](OC)(OC)C1OC.CN=C(NC)N(C)C. The number of aliphatic imine (C=N–C) groups is 1. The van der Waals surface area contributed by atoms with Gasteiger partial charge in [-0.15, -0.1) is 0 Å². The second-order valence-corrected chi connectivity index (χ2v) is 9.52. The maximum absolute atomic E-state index is 5.70. The molecule has 7 heteroatoms. The lowest BCUT2D eigenvalue weighted by molar-refractivity contribution is 0.0398. The van der Waals surface area contributed by atoms with Crippen LogP contribution >= 0.6 is 0 Å². The van der Waals surface area contributed by atoms with Crippen molar-refractivity contribution in [3.63, 3.8) is 0 Å². The highest BCUT2D eigenvalue weighted by Gasteiger charge is 2.50. The first-order valence-electron chi connectivity index (χ1n) is 8.41. The van der Waals surface area contributed by atoms with Crippen molar-refractivity contribution in [1.29, 1.82) is 0 Å². The zero-order valence-electron chi connectivity index (χ0n) is 16.3. The standard InChI is InChI=1S/C11H24O3Si.C5H13N3/c1-5-7-10-8-6-9-15(13-3,14-4)11(10)12-2;1-6-5(7-2)8(3)4/h10-11H,5-9H2,1-4H3;1-4H3,(H,6,7). The number of methoxy groups -OCH3 is 1. The zero-order valence-corrected chi connectivity index (χ0v) is 17.3. The van der Waals surface area contributed by atoms with Gasteiger partial charge in [-0.1, -0.05) is 19.8 Å². The third-order valence-electron chi connectivity index (χ3n) is 4.43. The molecule has 0 bridgehead atoms. The fourth-order valence-corrected chi connectivity index (χ4v) is 6.79. The van der Waals surface area contributed by atoms with Crippen molar-refractivity contribution in [1.82, 2.24) is 10.2 Å². The van der Waals surface area contributed by atoms with Crippen LogP contribution in [0.25, 0.3) is 0 Å². The molecule has 0 aliphatic carbocycles. The molecule has 6 nitrogen and oxygen atoms in total. The minimum atomic E-state index is -2.08. The van der Waals surface area contributed by atoms with Gasteiger partial charge in [0, 0.05) is 49.5 Å².